The summed E-state index contributed by atoms with van der Waals surface area (Å²) in [7, 11) is 2.95. The number of ether oxygens (including phenoxy) is 2. The molecule has 0 spiro atoms. The van der Waals surface area contributed by atoms with Gasteiger partial charge < -0.3 is 24.7 Å². The lowest BCUT2D eigenvalue weighted by Crippen LogP contribution is -2.20. The molecule has 0 bridgehead atoms. The monoisotopic (exact) mass is 492 g/mol. The molecule has 1 amide bonds. The van der Waals surface area contributed by atoms with Crippen LogP contribution in [0.2, 0.25) is 0 Å². The molecule has 4 rings (SSSR count). The maximum absolute atomic E-state index is 13.1. The highest BCUT2D eigenvalue weighted by atomic mass is 16.5. The van der Waals surface area contributed by atoms with Crippen LogP contribution in [0.1, 0.15) is 61.0 Å². The molecule has 0 atom stereocenters. The van der Waals surface area contributed by atoms with Crippen molar-refractivity contribution < 1.29 is 19.1 Å². The molecule has 1 fully saturated rings. The van der Waals surface area contributed by atoms with Gasteiger partial charge in [0.15, 0.2) is 5.69 Å². The van der Waals surface area contributed by atoms with Gasteiger partial charge in [-0.2, -0.15) is 0 Å². The van der Waals surface area contributed by atoms with Crippen molar-refractivity contribution in [3.63, 3.8) is 0 Å². The third-order valence-electron chi connectivity index (χ3n) is 6.74. The van der Waals surface area contributed by atoms with Crippen LogP contribution < -0.4 is 10.6 Å². The summed E-state index contributed by atoms with van der Waals surface area (Å²) in [5.41, 5.74) is 3.06. The molecule has 1 aromatic carbocycles. The molecular formula is C28H36N4O4. The lowest BCUT2D eigenvalue weighted by atomic mass is 9.96. The van der Waals surface area contributed by atoms with Gasteiger partial charge in [-0.1, -0.05) is 62.4 Å². The maximum atomic E-state index is 13.1. The van der Waals surface area contributed by atoms with E-state index in [0.717, 1.165) is 24.1 Å². The van der Waals surface area contributed by atoms with Crippen LogP contribution in [-0.4, -0.2) is 48.3 Å². The zero-order valence-corrected chi connectivity index (χ0v) is 21.2. The molecule has 3 aromatic rings. The molecular weight excluding hydrogens is 456 g/mol. The second-order valence-corrected chi connectivity index (χ2v) is 9.35. The Bertz CT molecular complexity index is 1170. The van der Waals surface area contributed by atoms with Crippen LogP contribution in [0.4, 0.5) is 11.4 Å². The van der Waals surface area contributed by atoms with Gasteiger partial charge in [-0.25, -0.2) is 9.78 Å². The summed E-state index contributed by atoms with van der Waals surface area (Å²) in [6, 6.07) is 11.9. The molecule has 0 aliphatic heterocycles. The fourth-order valence-corrected chi connectivity index (χ4v) is 4.94. The van der Waals surface area contributed by atoms with Gasteiger partial charge in [0.05, 0.1) is 37.7 Å². The molecule has 8 nitrogen and oxygen atoms in total. The van der Waals surface area contributed by atoms with Crippen LogP contribution in [0.25, 0.3) is 11.0 Å². The highest BCUT2D eigenvalue weighted by Gasteiger charge is 2.26. The van der Waals surface area contributed by atoms with E-state index < -0.39 is 5.97 Å². The molecule has 192 valence electrons. The van der Waals surface area contributed by atoms with Gasteiger partial charge in [0.2, 0.25) is 5.91 Å². The topological polar surface area (TPSA) is 94.5 Å². The number of esters is 1. The minimum Gasteiger partial charge on any atom is -0.464 e. The molecule has 0 unspecified atom stereocenters. The third kappa shape index (κ3) is 6.23. The first-order valence-corrected chi connectivity index (χ1v) is 12.8. The second kappa shape index (κ2) is 12.5. The SMILES string of the molecule is COCCn1c(C(=O)OC)c(NC(=O)Cc2ccccc2)c2cc(NC3CCCCCCC3)cnc21. The highest BCUT2D eigenvalue weighted by molar-refractivity contribution is 6.11. The van der Waals surface area contributed by atoms with E-state index in [9.17, 15) is 9.59 Å². The second-order valence-electron chi connectivity index (χ2n) is 9.35. The van der Waals surface area contributed by atoms with Crippen molar-refractivity contribution in [3.05, 3.63) is 53.9 Å². The maximum Gasteiger partial charge on any atom is 0.356 e. The quantitative estimate of drug-likeness (QED) is 0.400. The number of nitrogens with one attached hydrogen (secondary N) is 2. The summed E-state index contributed by atoms with van der Waals surface area (Å²) >= 11 is 0. The van der Waals surface area contributed by atoms with E-state index in [4.69, 9.17) is 14.5 Å². The standard InChI is InChI=1S/C28H36N4O4/c1-35-16-15-32-26(28(34)36-2)25(31-24(33)17-20-11-7-6-8-12-20)23-18-22(19-29-27(23)32)30-21-13-9-4-3-5-10-14-21/h6-8,11-12,18-19,21,30H,3-5,9-10,13-17H2,1-2H3,(H,31,33). The van der Waals surface area contributed by atoms with Gasteiger partial charge in [0, 0.05) is 25.1 Å². The molecule has 0 saturated heterocycles. The zero-order chi connectivity index (χ0) is 25.3. The van der Waals surface area contributed by atoms with Crippen LogP contribution >= 0.6 is 0 Å². The van der Waals surface area contributed by atoms with E-state index in [0.29, 0.717) is 35.9 Å². The number of benzene rings is 1. The first-order valence-electron chi connectivity index (χ1n) is 12.8. The van der Waals surface area contributed by atoms with Gasteiger partial charge in [0.25, 0.3) is 0 Å². The Hall–Kier alpha value is -3.39. The van der Waals surface area contributed by atoms with Crippen molar-refractivity contribution in [2.45, 2.75) is 64.0 Å². The number of anilines is 2. The Balaban J connectivity index is 1.71. The van der Waals surface area contributed by atoms with Gasteiger partial charge in [-0.3, -0.25) is 4.79 Å². The van der Waals surface area contributed by atoms with Gasteiger partial charge in [-0.05, 0) is 24.5 Å². The number of pyridine rings is 1. The van der Waals surface area contributed by atoms with Crippen LogP contribution in [-0.2, 0) is 27.2 Å². The fourth-order valence-electron chi connectivity index (χ4n) is 4.94. The molecule has 36 heavy (non-hydrogen) atoms. The van der Waals surface area contributed by atoms with Gasteiger partial charge in [-0.15, -0.1) is 0 Å². The zero-order valence-electron chi connectivity index (χ0n) is 21.2. The number of aromatic nitrogens is 2. The van der Waals surface area contributed by atoms with E-state index in [-0.39, 0.29) is 18.0 Å². The largest absolute Gasteiger partial charge is 0.464 e. The van der Waals surface area contributed by atoms with Gasteiger partial charge >= 0.3 is 5.97 Å². The predicted molar refractivity (Wildman–Crippen MR) is 141 cm³/mol. The summed E-state index contributed by atoms with van der Waals surface area (Å²) in [6.45, 7) is 0.781. The molecule has 1 aliphatic rings. The van der Waals surface area contributed by atoms with E-state index in [1.165, 1.54) is 39.2 Å². The molecule has 1 saturated carbocycles. The van der Waals surface area contributed by atoms with Crippen LogP contribution in [0.5, 0.6) is 0 Å². The van der Waals surface area contributed by atoms with Crippen LogP contribution in [0, 0.1) is 0 Å². The highest BCUT2D eigenvalue weighted by Crippen LogP contribution is 2.33. The van der Waals surface area contributed by atoms with Crippen LogP contribution in [0.15, 0.2) is 42.6 Å². The molecule has 0 radical (unpaired) electrons. The number of methoxy groups -OCH3 is 2. The molecule has 2 heterocycles. The van der Waals surface area contributed by atoms with Gasteiger partial charge in [0.1, 0.15) is 5.65 Å². The first-order chi connectivity index (χ1) is 17.6. The minimum atomic E-state index is -0.534. The summed E-state index contributed by atoms with van der Waals surface area (Å²) in [4.78, 5) is 30.7. The van der Waals surface area contributed by atoms with Crippen molar-refractivity contribution in [1.29, 1.82) is 0 Å². The van der Waals surface area contributed by atoms with E-state index >= 15 is 0 Å². The number of nitrogens with zero attached hydrogens (tertiary/aromatic N) is 2. The number of rotatable bonds is 9. The number of carbonyl (C=O) groups excluding carboxylic acids is 2. The Labute approximate surface area is 212 Å². The lowest BCUT2D eigenvalue weighted by molar-refractivity contribution is -0.115. The van der Waals surface area contributed by atoms with Crippen LogP contribution in [0.3, 0.4) is 0 Å². The van der Waals surface area contributed by atoms with E-state index in [2.05, 4.69) is 10.6 Å². The molecule has 1 aliphatic carbocycles. The molecule has 2 N–H and O–H groups in total. The fraction of sp³-hybridized carbons (Fsp3) is 0.464. The Morgan fingerprint density at radius 1 is 1.06 bits per heavy atom. The average molecular weight is 493 g/mol. The molecule has 2 aromatic heterocycles. The lowest BCUT2D eigenvalue weighted by Gasteiger charge is -2.22. The smallest absolute Gasteiger partial charge is 0.356 e. The third-order valence-corrected chi connectivity index (χ3v) is 6.74. The Morgan fingerprint density at radius 2 is 1.78 bits per heavy atom. The number of amides is 1. The molecule has 8 heteroatoms. The first kappa shape index (κ1) is 25.7. The minimum absolute atomic E-state index is 0.194. The number of fused-ring (bicyclic) bond motifs is 1. The summed E-state index contributed by atoms with van der Waals surface area (Å²) in [5.74, 6) is -0.746. The average Bonchev–Trinajstić information content (AvgIpc) is 3.16. The van der Waals surface area contributed by atoms with Crippen molar-refractivity contribution in [2.75, 3.05) is 31.5 Å². The van der Waals surface area contributed by atoms with Crippen molar-refractivity contribution in [3.8, 4) is 0 Å². The van der Waals surface area contributed by atoms with Crippen molar-refractivity contribution in [2.24, 2.45) is 0 Å². The normalized spacial score (nSPS) is 14.7. The summed E-state index contributed by atoms with van der Waals surface area (Å²) in [5, 5.41) is 7.34. The van der Waals surface area contributed by atoms with Crippen molar-refractivity contribution >= 4 is 34.3 Å². The Morgan fingerprint density at radius 3 is 2.47 bits per heavy atom. The van der Waals surface area contributed by atoms with Crippen molar-refractivity contribution in [1.82, 2.24) is 9.55 Å². The van der Waals surface area contributed by atoms with E-state index in [1.54, 1.807) is 17.9 Å². The summed E-state index contributed by atoms with van der Waals surface area (Å²) in [6.07, 6.45) is 10.6. The van der Waals surface area contributed by atoms with E-state index in [1.807, 2.05) is 36.4 Å². The number of carbonyl (C=O) groups is 2. The number of hydrogen-bond donors (Lipinski definition) is 2. The predicted octanol–water partition coefficient (Wildman–Crippen LogP) is 5.18. The number of hydrogen-bond acceptors (Lipinski definition) is 6. The Kier molecular flexibility index (Phi) is 8.95. The summed E-state index contributed by atoms with van der Waals surface area (Å²) < 4.78 is 12.2.